The lowest BCUT2D eigenvalue weighted by molar-refractivity contribution is 0.299. The van der Waals surface area contributed by atoms with Crippen LogP contribution in [0.3, 0.4) is 0 Å². The quantitative estimate of drug-likeness (QED) is 0.296. The molecule has 3 N–H and O–H groups in total. The largest absolute Gasteiger partial charge is 0.340 e. The number of likely N-dealkylation sites (N-methyl/N-ethyl adjacent to an activating group) is 1. The summed E-state index contributed by atoms with van der Waals surface area (Å²) in [6.07, 6.45) is 2.23. The number of nitrogens with two attached hydrogens (primary N) is 1. The minimum atomic E-state index is 0.616. The first-order valence-electron chi connectivity index (χ1n) is 5.61. The van der Waals surface area contributed by atoms with E-state index in [0.717, 1.165) is 32.0 Å². The molecule has 0 aromatic carbocycles. The maximum Gasteiger partial charge on any atom is 0.208 e. The van der Waals surface area contributed by atoms with Crippen molar-refractivity contribution in [2.45, 2.75) is 25.8 Å². The zero-order valence-electron chi connectivity index (χ0n) is 10.0. The van der Waals surface area contributed by atoms with Crippen molar-refractivity contribution < 1.29 is 0 Å². The molecule has 1 heterocycles. The van der Waals surface area contributed by atoms with Gasteiger partial charge < -0.3 is 9.80 Å². The standard InChI is InChI=1S/C10H23N5/c1-4-6-12-10(13-11)15-7-5-9(8-15)14(2)3/h9H,4-8,11H2,1-3H3,(H,12,13). The first-order valence-corrected chi connectivity index (χ1v) is 5.61. The summed E-state index contributed by atoms with van der Waals surface area (Å²) < 4.78 is 0. The monoisotopic (exact) mass is 213 g/mol. The molecule has 1 rings (SSSR count). The molecule has 0 amide bonds. The summed E-state index contributed by atoms with van der Waals surface area (Å²) in [5.41, 5.74) is 2.70. The summed E-state index contributed by atoms with van der Waals surface area (Å²) in [6, 6.07) is 0.616. The van der Waals surface area contributed by atoms with Crippen LogP contribution < -0.4 is 11.3 Å². The third-order valence-corrected chi connectivity index (χ3v) is 2.81. The molecule has 0 aromatic rings. The van der Waals surface area contributed by atoms with Gasteiger partial charge in [0.05, 0.1) is 0 Å². The Balaban J connectivity index is 2.50. The topological polar surface area (TPSA) is 56.9 Å². The molecule has 1 aliphatic rings. The van der Waals surface area contributed by atoms with Gasteiger partial charge in [0, 0.05) is 25.7 Å². The van der Waals surface area contributed by atoms with Crippen LogP contribution in [0.2, 0.25) is 0 Å². The lowest BCUT2D eigenvalue weighted by Gasteiger charge is -2.22. The van der Waals surface area contributed by atoms with Gasteiger partial charge in [0.15, 0.2) is 0 Å². The van der Waals surface area contributed by atoms with Crippen molar-refractivity contribution in [2.75, 3.05) is 33.7 Å². The number of likely N-dealkylation sites (tertiary alicyclic amines) is 1. The zero-order valence-corrected chi connectivity index (χ0v) is 10.0. The maximum atomic E-state index is 5.48. The van der Waals surface area contributed by atoms with Gasteiger partial charge in [-0.1, -0.05) is 6.92 Å². The fourth-order valence-corrected chi connectivity index (χ4v) is 1.81. The second-order valence-electron chi connectivity index (χ2n) is 4.20. The number of aliphatic imine (C=N–C) groups is 1. The van der Waals surface area contributed by atoms with Gasteiger partial charge in [-0.15, -0.1) is 0 Å². The van der Waals surface area contributed by atoms with E-state index in [1.807, 2.05) is 0 Å². The smallest absolute Gasteiger partial charge is 0.208 e. The van der Waals surface area contributed by atoms with Crippen molar-refractivity contribution >= 4 is 5.96 Å². The molecule has 88 valence electrons. The van der Waals surface area contributed by atoms with Gasteiger partial charge in [0.25, 0.3) is 0 Å². The van der Waals surface area contributed by atoms with Gasteiger partial charge in [-0.25, -0.2) is 5.84 Å². The van der Waals surface area contributed by atoms with Crippen LogP contribution >= 0.6 is 0 Å². The molecule has 5 heteroatoms. The van der Waals surface area contributed by atoms with E-state index in [4.69, 9.17) is 5.84 Å². The SMILES string of the molecule is CCCN=C(NN)N1CCC(N(C)C)C1. The van der Waals surface area contributed by atoms with E-state index in [0.29, 0.717) is 6.04 Å². The number of guanidine groups is 1. The van der Waals surface area contributed by atoms with E-state index >= 15 is 0 Å². The van der Waals surface area contributed by atoms with E-state index < -0.39 is 0 Å². The number of nitrogens with one attached hydrogen (secondary N) is 1. The van der Waals surface area contributed by atoms with E-state index in [1.54, 1.807) is 0 Å². The van der Waals surface area contributed by atoms with Gasteiger partial charge in [0.1, 0.15) is 0 Å². The Hall–Kier alpha value is -0.810. The van der Waals surface area contributed by atoms with E-state index in [-0.39, 0.29) is 0 Å². The minimum Gasteiger partial charge on any atom is -0.340 e. The van der Waals surface area contributed by atoms with Crippen molar-refractivity contribution in [1.82, 2.24) is 15.2 Å². The van der Waals surface area contributed by atoms with Crippen LogP contribution in [0.25, 0.3) is 0 Å². The molecular formula is C10H23N5. The summed E-state index contributed by atoms with van der Waals surface area (Å²) in [4.78, 5) is 8.90. The second kappa shape index (κ2) is 5.92. The predicted octanol–water partition coefficient (Wildman–Crippen LogP) is -0.148. The molecule has 1 atom stereocenters. The summed E-state index contributed by atoms with van der Waals surface area (Å²) >= 11 is 0. The van der Waals surface area contributed by atoms with E-state index in [2.05, 4.69) is 41.2 Å². The Morgan fingerprint density at radius 1 is 1.60 bits per heavy atom. The van der Waals surface area contributed by atoms with Gasteiger partial charge in [-0.2, -0.15) is 0 Å². The molecule has 0 saturated carbocycles. The van der Waals surface area contributed by atoms with Crippen LogP contribution in [0, 0.1) is 0 Å². The fourth-order valence-electron chi connectivity index (χ4n) is 1.81. The minimum absolute atomic E-state index is 0.616. The first kappa shape index (κ1) is 12.3. The van der Waals surface area contributed by atoms with Crippen molar-refractivity contribution in [3.05, 3.63) is 0 Å². The zero-order chi connectivity index (χ0) is 11.3. The Morgan fingerprint density at radius 3 is 2.80 bits per heavy atom. The second-order valence-corrected chi connectivity index (χ2v) is 4.20. The Kier molecular flexibility index (Phi) is 4.84. The molecule has 1 unspecified atom stereocenters. The average molecular weight is 213 g/mol. The van der Waals surface area contributed by atoms with Gasteiger partial charge in [-0.3, -0.25) is 10.4 Å². The molecule has 1 fully saturated rings. The van der Waals surface area contributed by atoms with Gasteiger partial charge in [-0.05, 0) is 26.9 Å². The van der Waals surface area contributed by atoms with Crippen LogP contribution in [-0.2, 0) is 0 Å². The van der Waals surface area contributed by atoms with Crippen LogP contribution in [0.1, 0.15) is 19.8 Å². The van der Waals surface area contributed by atoms with Crippen LogP contribution in [-0.4, -0.2) is 55.5 Å². The highest BCUT2D eigenvalue weighted by Gasteiger charge is 2.25. The van der Waals surface area contributed by atoms with Crippen LogP contribution in [0.4, 0.5) is 0 Å². The number of nitrogens with zero attached hydrogens (tertiary/aromatic N) is 3. The molecular weight excluding hydrogens is 190 g/mol. The lowest BCUT2D eigenvalue weighted by Crippen LogP contribution is -2.45. The maximum absolute atomic E-state index is 5.48. The molecule has 0 bridgehead atoms. The van der Waals surface area contributed by atoms with E-state index in [9.17, 15) is 0 Å². The highest BCUT2D eigenvalue weighted by atomic mass is 15.4. The summed E-state index contributed by atoms with van der Waals surface area (Å²) in [5, 5.41) is 0. The molecule has 0 radical (unpaired) electrons. The highest BCUT2D eigenvalue weighted by molar-refractivity contribution is 5.79. The van der Waals surface area contributed by atoms with Crippen LogP contribution in [0.5, 0.6) is 0 Å². The molecule has 0 spiro atoms. The third-order valence-electron chi connectivity index (χ3n) is 2.81. The Morgan fingerprint density at radius 2 is 2.33 bits per heavy atom. The van der Waals surface area contributed by atoms with Crippen molar-refractivity contribution in [3.8, 4) is 0 Å². The normalized spacial score (nSPS) is 22.6. The van der Waals surface area contributed by atoms with Crippen molar-refractivity contribution in [1.29, 1.82) is 0 Å². The average Bonchev–Trinajstić information content (AvgIpc) is 2.68. The molecule has 0 aliphatic carbocycles. The van der Waals surface area contributed by atoms with Gasteiger partial charge in [0.2, 0.25) is 5.96 Å². The van der Waals surface area contributed by atoms with Gasteiger partial charge >= 0.3 is 0 Å². The van der Waals surface area contributed by atoms with Crippen molar-refractivity contribution in [3.63, 3.8) is 0 Å². The lowest BCUT2D eigenvalue weighted by atomic mass is 10.2. The van der Waals surface area contributed by atoms with Crippen LogP contribution in [0.15, 0.2) is 4.99 Å². The van der Waals surface area contributed by atoms with E-state index in [1.165, 1.54) is 6.42 Å². The molecule has 1 aliphatic heterocycles. The summed E-state index contributed by atoms with van der Waals surface area (Å²) in [7, 11) is 4.24. The fraction of sp³-hybridized carbons (Fsp3) is 0.900. The molecule has 15 heavy (non-hydrogen) atoms. The molecule has 5 nitrogen and oxygen atoms in total. The predicted molar refractivity (Wildman–Crippen MR) is 63.6 cm³/mol. The molecule has 1 saturated heterocycles. The summed E-state index contributed by atoms with van der Waals surface area (Å²) in [5.74, 6) is 6.31. The summed E-state index contributed by atoms with van der Waals surface area (Å²) in [6.45, 7) is 5.00. The number of hydrazine groups is 1. The number of hydrogen-bond acceptors (Lipinski definition) is 3. The molecule has 0 aromatic heterocycles. The highest BCUT2D eigenvalue weighted by Crippen LogP contribution is 2.12. The Labute approximate surface area is 92.3 Å². The third kappa shape index (κ3) is 3.35. The number of rotatable bonds is 3. The Bertz CT molecular complexity index is 214. The van der Waals surface area contributed by atoms with Crippen molar-refractivity contribution in [2.24, 2.45) is 10.8 Å². The first-order chi connectivity index (χ1) is 7.19. The number of hydrogen-bond donors (Lipinski definition) is 2.